The van der Waals surface area contributed by atoms with E-state index in [0.717, 1.165) is 13.1 Å². The first kappa shape index (κ1) is 17.8. The number of rotatable bonds is 13. The molecule has 0 aromatic heterocycles. The second-order valence-corrected chi connectivity index (χ2v) is 4.03. The first-order valence-corrected chi connectivity index (χ1v) is 6.63. The lowest BCUT2D eigenvalue weighted by molar-refractivity contribution is 0.0412. The highest BCUT2D eigenvalue weighted by Crippen LogP contribution is 1.84. The van der Waals surface area contributed by atoms with Gasteiger partial charge in [0, 0.05) is 39.4 Å². The first-order chi connectivity index (χ1) is 8.70. The van der Waals surface area contributed by atoms with Crippen molar-refractivity contribution in [2.24, 2.45) is 0 Å². The van der Waals surface area contributed by atoms with Crippen molar-refractivity contribution in [2.75, 3.05) is 52.6 Å². The third-order valence-electron chi connectivity index (χ3n) is 2.27. The Hall–Kier alpha value is -0.240. The summed E-state index contributed by atoms with van der Waals surface area (Å²) in [6, 6.07) is 0. The molecule has 0 bridgehead atoms. The Labute approximate surface area is 110 Å². The number of hydrogen-bond donors (Lipinski definition) is 4. The van der Waals surface area contributed by atoms with Gasteiger partial charge in [-0.2, -0.15) is 0 Å². The molecule has 0 fully saturated rings. The van der Waals surface area contributed by atoms with Gasteiger partial charge in [-0.15, -0.1) is 0 Å². The molecule has 0 aliphatic rings. The minimum absolute atomic E-state index is 0.365. The van der Waals surface area contributed by atoms with E-state index in [4.69, 9.17) is 9.47 Å². The van der Waals surface area contributed by atoms with Crippen molar-refractivity contribution in [1.29, 1.82) is 0 Å². The SMILES string of the molecule is CCOC[C@H](O)CNCCNC[C@H](O)COCC. The van der Waals surface area contributed by atoms with Crippen LogP contribution in [0.2, 0.25) is 0 Å². The lowest BCUT2D eigenvalue weighted by Gasteiger charge is -2.13. The first-order valence-electron chi connectivity index (χ1n) is 6.63. The van der Waals surface area contributed by atoms with E-state index in [-0.39, 0.29) is 0 Å². The molecule has 2 atom stereocenters. The Balaban J connectivity index is 3.19. The topological polar surface area (TPSA) is 83.0 Å². The maximum Gasteiger partial charge on any atom is 0.0897 e. The van der Waals surface area contributed by atoms with E-state index < -0.39 is 12.2 Å². The van der Waals surface area contributed by atoms with Crippen LogP contribution in [0.1, 0.15) is 13.8 Å². The molecule has 6 heteroatoms. The van der Waals surface area contributed by atoms with E-state index in [0.29, 0.717) is 39.5 Å². The van der Waals surface area contributed by atoms with E-state index in [9.17, 15) is 10.2 Å². The van der Waals surface area contributed by atoms with Gasteiger partial charge in [-0.05, 0) is 13.8 Å². The van der Waals surface area contributed by atoms with Crippen LogP contribution in [0.5, 0.6) is 0 Å². The second-order valence-electron chi connectivity index (χ2n) is 4.03. The van der Waals surface area contributed by atoms with E-state index in [1.165, 1.54) is 0 Å². The predicted molar refractivity (Wildman–Crippen MR) is 70.7 cm³/mol. The molecule has 4 N–H and O–H groups in total. The van der Waals surface area contributed by atoms with Crippen LogP contribution in [0.4, 0.5) is 0 Å². The van der Waals surface area contributed by atoms with Gasteiger partial charge in [0.15, 0.2) is 0 Å². The van der Waals surface area contributed by atoms with Crippen molar-refractivity contribution in [3.8, 4) is 0 Å². The number of nitrogens with one attached hydrogen (secondary N) is 2. The molecule has 6 nitrogen and oxygen atoms in total. The maximum atomic E-state index is 9.46. The van der Waals surface area contributed by atoms with Crippen molar-refractivity contribution in [2.45, 2.75) is 26.1 Å². The number of aliphatic hydroxyl groups is 2. The number of ether oxygens (including phenoxy) is 2. The molecular weight excluding hydrogens is 236 g/mol. The standard InChI is InChI=1S/C12H28N2O4/c1-3-17-9-11(15)7-13-5-6-14-8-12(16)10-18-4-2/h11-16H,3-10H2,1-2H3/t11-,12+. The number of hydrogen-bond acceptors (Lipinski definition) is 6. The molecule has 0 heterocycles. The van der Waals surface area contributed by atoms with Gasteiger partial charge in [0.05, 0.1) is 25.4 Å². The Bertz CT molecular complexity index is 154. The zero-order chi connectivity index (χ0) is 13.6. The lowest BCUT2D eigenvalue weighted by Crippen LogP contribution is -2.37. The van der Waals surface area contributed by atoms with E-state index in [2.05, 4.69) is 10.6 Å². The van der Waals surface area contributed by atoms with Crippen LogP contribution in [0.25, 0.3) is 0 Å². The predicted octanol–water partition coefficient (Wildman–Crippen LogP) is -1.04. The van der Waals surface area contributed by atoms with Crippen molar-refractivity contribution in [3.05, 3.63) is 0 Å². The third kappa shape index (κ3) is 12.2. The molecule has 0 rings (SSSR count). The van der Waals surface area contributed by atoms with Crippen LogP contribution in [0, 0.1) is 0 Å². The smallest absolute Gasteiger partial charge is 0.0897 e. The average Bonchev–Trinajstić information content (AvgIpc) is 2.37. The summed E-state index contributed by atoms with van der Waals surface area (Å²) in [5.74, 6) is 0. The van der Waals surface area contributed by atoms with Gasteiger partial charge in [0.2, 0.25) is 0 Å². The fraction of sp³-hybridized carbons (Fsp3) is 1.00. The van der Waals surface area contributed by atoms with E-state index in [1.54, 1.807) is 0 Å². The molecular formula is C12H28N2O4. The Morgan fingerprint density at radius 3 is 1.56 bits per heavy atom. The van der Waals surface area contributed by atoms with Crippen molar-refractivity contribution >= 4 is 0 Å². The molecule has 0 radical (unpaired) electrons. The monoisotopic (exact) mass is 264 g/mol. The van der Waals surface area contributed by atoms with Gasteiger partial charge in [-0.3, -0.25) is 0 Å². The normalized spacial score (nSPS) is 14.7. The zero-order valence-corrected chi connectivity index (χ0v) is 11.5. The third-order valence-corrected chi connectivity index (χ3v) is 2.27. The van der Waals surface area contributed by atoms with Gasteiger partial charge in [-0.1, -0.05) is 0 Å². The fourth-order valence-electron chi connectivity index (χ4n) is 1.34. The summed E-state index contributed by atoms with van der Waals surface area (Å²) in [7, 11) is 0. The molecule has 18 heavy (non-hydrogen) atoms. The van der Waals surface area contributed by atoms with Crippen LogP contribution >= 0.6 is 0 Å². The van der Waals surface area contributed by atoms with Crippen LogP contribution in [-0.4, -0.2) is 75.0 Å². The van der Waals surface area contributed by atoms with Gasteiger partial charge in [0.1, 0.15) is 0 Å². The van der Waals surface area contributed by atoms with Crippen LogP contribution in [0.15, 0.2) is 0 Å². The Morgan fingerprint density at radius 1 is 0.833 bits per heavy atom. The average molecular weight is 264 g/mol. The summed E-state index contributed by atoms with van der Waals surface area (Å²) >= 11 is 0. The Morgan fingerprint density at radius 2 is 1.22 bits per heavy atom. The van der Waals surface area contributed by atoms with Crippen molar-refractivity contribution in [1.82, 2.24) is 10.6 Å². The summed E-state index contributed by atoms with van der Waals surface area (Å²) in [6.07, 6.45) is -0.929. The van der Waals surface area contributed by atoms with Crippen molar-refractivity contribution < 1.29 is 19.7 Å². The van der Waals surface area contributed by atoms with Gasteiger partial charge in [-0.25, -0.2) is 0 Å². The highest BCUT2D eigenvalue weighted by atomic mass is 16.5. The molecule has 110 valence electrons. The minimum Gasteiger partial charge on any atom is -0.389 e. The maximum absolute atomic E-state index is 9.46. The quantitative estimate of drug-likeness (QED) is 0.318. The molecule has 0 aliphatic carbocycles. The highest BCUT2D eigenvalue weighted by molar-refractivity contribution is 4.62. The molecule has 0 spiro atoms. The summed E-state index contributed by atoms with van der Waals surface area (Å²) in [6.45, 7) is 8.29. The van der Waals surface area contributed by atoms with Gasteiger partial charge in [0.25, 0.3) is 0 Å². The molecule has 0 saturated heterocycles. The van der Waals surface area contributed by atoms with E-state index >= 15 is 0 Å². The second kappa shape index (κ2) is 13.2. The van der Waals surface area contributed by atoms with Gasteiger partial charge < -0.3 is 30.3 Å². The summed E-state index contributed by atoms with van der Waals surface area (Å²) < 4.78 is 10.2. The zero-order valence-electron chi connectivity index (χ0n) is 11.5. The largest absolute Gasteiger partial charge is 0.389 e. The fourth-order valence-corrected chi connectivity index (χ4v) is 1.34. The molecule has 0 unspecified atom stereocenters. The highest BCUT2D eigenvalue weighted by Gasteiger charge is 2.04. The van der Waals surface area contributed by atoms with Crippen LogP contribution < -0.4 is 10.6 Å². The molecule has 0 aliphatic heterocycles. The summed E-state index contributed by atoms with van der Waals surface area (Å²) in [5, 5.41) is 25.1. The summed E-state index contributed by atoms with van der Waals surface area (Å²) in [5.41, 5.74) is 0. The summed E-state index contributed by atoms with van der Waals surface area (Å²) in [4.78, 5) is 0. The molecule has 0 aromatic rings. The van der Waals surface area contributed by atoms with Crippen LogP contribution in [0.3, 0.4) is 0 Å². The minimum atomic E-state index is -0.464. The van der Waals surface area contributed by atoms with Crippen LogP contribution in [-0.2, 0) is 9.47 Å². The van der Waals surface area contributed by atoms with Crippen molar-refractivity contribution in [3.63, 3.8) is 0 Å². The number of aliphatic hydroxyl groups excluding tert-OH is 2. The van der Waals surface area contributed by atoms with Gasteiger partial charge >= 0.3 is 0 Å². The molecule has 0 aromatic carbocycles. The Kier molecular flexibility index (Phi) is 13.0. The molecule has 0 saturated carbocycles. The van der Waals surface area contributed by atoms with E-state index in [1.807, 2.05) is 13.8 Å². The lowest BCUT2D eigenvalue weighted by atomic mass is 10.3. The molecule has 0 amide bonds.